The monoisotopic (exact) mass is 531 g/mol. The number of rotatable bonds is 12. The van der Waals surface area contributed by atoms with Crippen LogP contribution in [0.1, 0.15) is 36.6 Å². The molecule has 0 atom stereocenters. The molecular formula is C25H29N3O6S2. The van der Waals surface area contributed by atoms with Crippen LogP contribution in [0.5, 0.6) is 5.75 Å². The first-order chi connectivity index (χ1) is 17.5. The Balaban J connectivity index is 2.06. The van der Waals surface area contributed by atoms with Gasteiger partial charge in [0.05, 0.1) is 24.3 Å². The van der Waals surface area contributed by atoms with E-state index in [9.17, 15) is 14.4 Å². The first-order valence-corrected chi connectivity index (χ1v) is 12.7. The van der Waals surface area contributed by atoms with Crippen LogP contribution in [0.15, 0.2) is 42.5 Å². The van der Waals surface area contributed by atoms with E-state index in [0.717, 1.165) is 5.56 Å². The molecule has 0 spiro atoms. The van der Waals surface area contributed by atoms with E-state index >= 15 is 0 Å². The van der Waals surface area contributed by atoms with Gasteiger partial charge in [-0.2, -0.15) is 0 Å². The first-order valence-electron chi connectivity index (χ1n) is 11.3. The second-order valence-electron chi connectivity index (χ2n) is 7.74. The number of thioether (sulfide) groups is 1. The van der Waals surface area contributed by atoms with Crippen molar-refractivity contribution in [1.82, 2.24) is 15.5 Å². The van der Waals surface area contributed by atoms with Gasteiger partial charge in [-0.15, -0.1) is 0 Å². The lowest BCUT2D eigenvalue weighted by molar-refractivity contribution is 0.0856. The van der Waals surface area contributed by atoms with Gasteiger partial charge < -0.3 is 24.8 Å². The topological polar surface area (TPSA) is 106 Å². The number of ether oxygens (including phenoxy) is 3. The molecular weight excluding hydrogens is 502 g/mol. The lowest BCUT2D eigenvalue weighted by Gasteiger charge is -2.21. The molecule has 192 valence electrons. The van der Waals surface area contributed by atoms with Gasteiger partial charge in [-0.3, -0.25) is 19.3 Å². The van der Waals surface area contributed by atoms with Crippen LogP contribution in [-0.4, -0.2) is 79.8 Å². The Morgan fingerprint density at radius 3 is 2.22 bits per heavy atom. The van der Waals surface area contributed by atoms with Crippen LogP contribution in [0.4, 0.5) is 0 Å². The molecule has 2 N–H and O–H groups in total. The average Bonchev–Trinajstić information content (AvgIpc) is 3.33. The molecule has 2 aromatic carbocycles. The van der Waals surface area contributed by atoms with Crippen molar-refractivity contribution in [2.24, 2.45) is 0 Å². The van der Waals surface area contributed by atoms with E-state index in [0.29, 0.717) is 29.8 Å². The van der Waals surface area contributed by atoms with Gasteiger partial charge >= 0.3 is 0 Å². The highest BCUT2D eigenvalue weighted by molar-refractivity contribution is 8.23. The minimum absolute atomic E-state index is 0.0718. The number of thiocarbonyl (C=S) groups is 1. The molecule has 1 aliphatic rings. The number of amides is 3. The largest absolute Gasteiger partial charge is 0.487 e. The standard InChI is InChI=1S/C25H29N3O6S2/c1-32-11-8-26-22(29)18-14-19(23(30)27-9-12-33-2)21(34-16-17-6-4-3-5-7-17)20(15-18)24(31)28-10-13-36-25(28)35/h3-7,14-15H,8-13,16H2,1-2H3,(H,26,29)(H,27,30). The number of nitrogens with zero attached hydrogens (tertiary/aromatic N) is 1. The zero-order valence-corrected chi connectivity index (χ0v) is 21.8. The minimum atomic E-state index is -0.492. The number of carbonyl (C=O) groups is 3. The van der Waals surface area contributed by atoms with Crippen molar-refractivity contribution < 1.29 is 28.6 Å². The van der Waals surface area contributed by atoms with E-state index in [1.54, 1.807) is 0 Å². The molecule has 0 aromatic heterocycles. The molecule has 1 aliphatic heterocycles. The summed E-state index contributed by atoms with van der Waals surface area (Å²) in [7, 11) is 3.06. The van der Waals surface area contributed by atoms with Crippen LogP contribution in [0, 0.1) is 0 Å². The number of benzene rings is 2. The van der Waals surface area contributed by atoms with E-state index in [1.165, 1.54) is 43.0 Å². The van der Waals surface area contributed by atoms with Gasteiger partial charge in [-0.05, 0) is 17.7 Å². The molecule has 0 saturated carbocycles. The fourth-order valence-electron chi connectivity index (χ4n) is 3.43. The van der Waals surface area contributed by atoms with E-state index < -0.39 is 17.7 Å². The van der Waals surface area contributed by atoms with E-state index in [1.807, 2.05) is 30.3 Å². The number of hydrogen-bond donors (Lipinski definition) is 2. The predicted molar refractivity (Wildman–Crippen MR) is 142 cm³/mol. The van der Waals surface area contributed by atoms with Crippen LogP contribution >= 0.6 is 24.0 Å². The summed E-state index contributed by atoms with van der Waals surface area (Å²) in [5, 5.41) is 5.48. The summed E-state index contributed by atoms with van der Waals surface area (Å²) in [5.74, 6) is -0.599. The van der Waals surface area contributed by atoms with Crippen LogP contribution in [0.25, 0.3) is 0 Å². The van der Waals surface area contributed by atoms with Gasteiger partial charge in [0, 0.05) is 45.2 Å². The van der Waals surface area contributed by atoms with Crippen molar-refractivity contribution in [3.05, 3.63) is 64.7 Å². The summed E-state index contributed by atoms with van der Waals surface area (Å²) in [6, 6.07) is 12.3. The Bertz CT molecular complexity index is 1100. The zero-order valence-electron chi connectivity index (χ0n) is 20.2. The number of carbonyl (C=O) groups excluding carboxylic acids is 3. The zero-order chi connectivity index (χ0) is 25.9. The van der Waals surface area contributed by atoms with E-state index in [2.05, 4.69) is 10.6 Å². The Labute approximate surface area is 219 Å². The first kappa shape index (κ1) is 27.6. The maximum atomic E-state index is 13.6. The van der Waals surface area contributed by atoms with Crippen molar-refractivity contribution in [2.45, 2.75) is 6.61 Å². The highest BCUT2D eigenvalue weighted by Crippen LogP contribution is 2.31. The molecule has 1 saturated heterocycles. The molecule has 3 rings (SSSR count). The van der Waals surface area contributed by atoms with Gasteiger partial charge in [0.2, 0.25) is 0 Å². The summed E-state index contributed by atoms with van der Waals surface area (Å²) >= 11 is 6.75. The molecule has 3 amide bonds. The lowest BCUT2D eigenvalue weighted by Crippen LogP contribution is -2.33. The van der Waals surface area contributed by atoms with E-state index in [4.69, 9.17) is 26.4 Å². The summed E-state index contributed by atoms with van der Waals surface area (Å²) in [6.07, 6.45) is 0. The Kier molecular flexibility index (Phi) is 10.7. The van der Waals surface area contributed by atoms with E-state index in [-0.39, 0.29) is 42.1 Å². The number of nitrogens with one attached hydrogen (secondary N) is 2. The molecule has 0 bridgehead atoms. The smallest absolute Gasteiger partial charge is 0.263 e. The van der Waals surface area contributed by atoms with Gasteiger partial charge in [0.1, 0.15) is 16.7 Å². The van der Waals surface area contributed by atoms with Crippen molar-refractivity contribution in [1.29, 1.82) is 0 Å². The molecule has 11 heteroatoms. The maximum absolute atomic E-state index is 13.6. The Hall–Kier alpha value is -2.99. The van der Waals surface area contributed by atoms with Crippen molar-refractivity contribution >= 4 is 46.0 Å². The number of methoxy groups -OCH3 is 2. The Morgan fingerprint density at radius 2 is 1.61 bits per heavy atom. The highest BCUT2D eigenvalue weighted by atomic mass is 32.2. The third-order valence-electron chi connectivity index (χ3n) is 5.24. The third-order valence-corrected chi connectivity index (χ3v) is 6.67. The van der Waals surface area contributed by atoms with Crippen molar-refractivity contribution in [3.8, 4) is 5.75 Å². The second-order valence-corrected chi connectivity index (χ2v) is 9.47. The van der Waals surface area contributed by atoms with Crippen LogP contribution < -0.4 is 15.4 Å². The lowest BCUT2D eigenvalue weighted by atomic mass is 10.0. The fraction of sp³-hybridized carbons (Fsp3) is 0.360. The van der Waals surface area contributed by atoms with Gasteiger partial charge in [-0.1, -0.05) is 54.3 Å². The maximum Gasteiger partial charge on any atom is 0.263 e. The molecule has 0 unspecified atom stereocenters. The molecule has 36 heavy (non-hydrogen) atoms. The molecule has 0 radical (unpaired) electrons. The van der Waals surface area contributed by atoms with Crippen LogP contribution in [-0.2, 0) is 16.1 Å². The number of hydrogen-bond acceptors (Lipinski definition) is 8. The summed E-state index contributed by atoms with van der Waals surface area (Å²) in [5.41, 5.74) is 1.17. The molecule has 1 fully saturated rings. The SMILES string of the molecule is COCCNC(=O)c1cc(C(=O)NCCOC)c(OCc2ccccc2)c(C(=O)N2CCSC2=S)c1. The minimum Gasteiger partial charge on any atom is -0.487 e. The average molecular weight is 532 g/mol. The highest BCUT2D eigenvalue weighted by Gasteiger charge is 2.31. The molecule has 2 aromatic rings. The second kappa shape index (κ2) is 13.9. The quantitative estimate of drug-likeness (QED) is 0.318. The molecule has 0 aliphatic carbocycles. The fourth-order valence-corrected chi connectivity index (χ4v) is 4.63. The molecule has 1 heterocycles. The van der Waals surface area contributed by atoms with Crippen LogP contribution in [0.3, 0.4) is 0 Å². The third kappa shape index (κ3) is 7.26. The summed E-state index contributed by atoms with van der Waals surface area (Å²) in [4.78, 5) is 41.1. The molecule has 9 nitrogen and oxygen atoms in total. The summed E-state index contributed by atoms with van der Waals surface area (Å²) < 4.78 is 16.5. The van der Waals surface area contributed by atoms with Gasteiger partial charge in [-0.25, -0.2) is 0 Å². The normalized spacial score (nSPS) is 12.9. The van der Waals surface area contributed by atoms with Crippen LogP contribution in [0.2, 0.25) is 0 Å². The predicted octanol–water partition coefficient (Wildman–Crippen LogP) is 2.49. The summed E-state index contributed by atoms with van der Waals surface area (Å²) in [6.45, 7) is 1.69. The van der Waals surface area contributed by atoms with Gasteiger partial charge in [0.25, 0.3) is 17.7 Å². The van der Waals surface area contributed by atoms with Crippen molar-refractivity contribution in [2.75, 3.05) is 52.8 Å². The van der Waals surface area contributed by atoms with Crippen molar-refractivity contribution in [3.63, 3.8) is 0 Å². The Morgan fingerprint density at radius 1 is 0.972 bits per heavy atom. The van der Waals surface area contributed by atoms with Gasteiger partial charge in [0.15, 0.2) is 0 Å².